The molecule has 3 heterocycles. The van der Waals surface area contributed by atoms with E-state index in [9.17, 15) is 0 Å². The van der Waals surface area contributed by atoms with E-state index in [0.717, 1.165) is 39.2 Å². The van der Waals surface area contributed by atoms with Crippen LogP contribution in [0.3, 0.4) is 0 Å². The van der Waals surface area contributed by atoms with Gasteiger partial charge >= 0.3 is 0 Å². The molecule has 0 spiro atoms. The minimum atomic E-state index is 0.852. The van der Waals surface area contributed by atoms with Crippen molar-refractivity contribution in [3.05, 3.63) is 47.6 Å². The van der Waals surface area contributed by atoms with E-state index in [0.29, 0.717) is 0 Å². The third-order valence-electron chi connectivity index (χ3n) is 4.44. The van der Waals surface area contributed by atoms with Crippen molar-refractivity contribution in [2.24, 2.45) is 0 Å². The van der Waals surface area contributed by atoms with Crippen LogP contribution < -0.4 is 9.64 Å². The highest BCUT2D eigenvalue weighted by Crippen LogP contribution is 2.42. The Hall–Kier alpha value is -2.66. The first-order valence-corrected chi connectivity index (χ1v) is 8.95. The predicted molar refractivity (Wildman–Crippen MR) is 106 cm³/mol. The van der Waals surface area contributed by atoms with Crippen LogP contribution in [-0.2, 0) is 0 Å². The largest absolute Gasteiger partial charge is 0.496 e. The first-order valence-electron chi connectivity index (χ1n) is 8.07. The summed E-state index contributed by atoms with van der Waals surface area (Å²) < 4.78 is 6.91. The fraction of sp³-hybridized carbons (Fsp3) is 0.200. The summed E-state index contributed by atoms with van der Waals surface area (Å²) >= 11 is 1.71. The van der Waals surface area contributed by atoms with Gasteiger partial charge in [0.1, 0.15) is 11.6 Å². The second-order valence-corrected chi connectivity index (χ2v) is 7.20. The van der Waals surface area contributed by atoms with Gasteiger partial charge in [-0.25, -0.2) is 4.98 Å². The molecule has 4 rings (SSSR count). The second kappa shape index (κ2) is 6.01. The monoisotopic (exact) mass is 349 g/mol. The molecule has 0 amide bonds. The summed E-state index contributed by atoms with van der Waals surface area (Å²) in [6, 6.07) is 8.35. The quantitative estimate of drug-likeness (QED) is 0.527. The molecule has 5 heteroatoms. The summed E-state index contributed by atoms with van der Waals surface area (Å²) in [5.41, 5.74) is 4.21. The molecule has 0 N–H and O–H groups in total. The van der Waals surface area contributed by atoms with Gasteiger partial charge in [0.25, 0.3) is 0 Å². The van der Waals surface area contributed by atoms with Gasteiger partial charge in [-0.3, -0.25) is 4.98 Å². The van der Waals surface area contributed by atoms with Gasteiger partial charge in [0.15, 0.2) is 0 Å². The third kappa shape index (κ3) is 2.51. The van der Waals surface area contributed by atoms with E-state index in [4.69, 9.17) is 9.72 Å². The molecule has 3 aromatic heterocycles. The highest BCUT2D eigenvalue weighted by atomic mass is 32.1. The molecule has 0 atom stereocenters. The number of fused-ring (bicyclic) bond motifs is 3. The first-order chi connectivity index (χ1) is 12.1. The Morgan fingerprint density at radius 3 is 2.60 bits per heavy atom. The van der Waals surface area contributed by atoms with E-state index in [1.165, 1.54) is 10.1 Å². The summed E-state index contributed by atoms with van der Waals surface area (Å²) in [5, 5.41) is 4.45. The van der Waals surface area contributed by atoms with Crippen molar-refractivity contribution in [2.45, 2.75) is 6.92 Å². The maximum atomic E-state index is 5.73. The third-order valence-corrected chi connectivity index (χ3v) is 5.30. The van der Waals surface area contributed by atoms with Crippen molar-refractivity contribution < 1.29 is 4.74 Å². The van der Waals surface area contributed by atoms with Gasteiger partial charge in [-0.05, 0) is 42.1 Å². The Morgan fingerprint density at radius 2 is 1.92 bits per heavy atom. The molecule has 0 aliphatic rings. The van der Waals surface area contributed by atoms with Crippen molar-refractivity contribution in [3.8, 4) is 16.9 Å². The summed E-state index contributed by atoms with van der Waals surface area (Å²) in [6.07, 6.45) is 3.87. The van der Waals surface area contributed by atoms with Gasteiger partial charge < -0.3 is 9.64 Å². The number of aryl methyl sites for hydroxylation is 1. The van der Waals surface area contributed by atoms with E-state index in [1.54, 1.807) is 18.4 Å². The summed E-state index contributed by atoms with van der Waals surface area (Å²) in [5.74, 6) is 1.78. The van der Waals surface area contributed by atoms with Gasteiger partial charge in [0.05, 0.1) is 17.3 Å². The molecular weight excluding hydrogens is 330 g/mol. The zero-order chi connectivity index (χ0) is 17.6. The van der Waals surface area contributed by atoms with E-state index in [-0.39, 0.29) is 0 Å². The molecule has 4 nitrogen and oxygen atoms in total. The number of hydrogen-bond donors (Lipinski definition) is 0. The molecule has 0 bridgehead atoms. The van der Waals surface area contributed by atoms with Gasteiger partial charge in [-0.2, -0.15) is 0 Å². The van der Waals surface area contributed by atoms with Crippen LogP contribution in [0, 0.1) is 6.92 Å². The van der Waals surface area contributed by atoms with Crippen LogP contribution in [0.1, 0.15) is 5.56 Å². The van der Waals surface area contributed by atoms with Gasteiger partial charge in [0.2, 0.25) is 0 Å². The number of anilines is 1. The lowest BCUT2D eigenvalue weighted by molar-refractivity contribution is 0.416. The first kappa shape index (κ1) is 15.8. The molecule has 126 valence electrons. The maximum Gasteiger partial charge on any atom is 0.127 e. The van der Waals surface area contributed by atoms with Crippen LogP contribution in [0.5, 0.6) is 5.75 Å². The number of rotatable bonds is 3. The van der Waals surface area contributed by atoms with Crippen LogP contribution in [0.25, 0.3) is 32.1 Å². The summed E-state index contributed by atoms with van der Waals surface area (Å²) in [7, 11) is 5.69. The highest BCUT2D eigenvalue weighted by Gasteiger charge is 2.17. The fourth-order valence-electron chi connectivity index (χ4n) is 3.20. The molecule has 0 radical (unpaired) electrons. The molecule has 25 heavy (non-hydrogen) atoms. The number of benzene rings is 1. The minimum Gasteiger partial charge on any atom is -0.496 e. The van der Waals surface area contributed by atoms with Gasteiger partial charge in [-0.1, -0.05) is 0 Å². The van der Waals surface area contributed by atoms with E-state index in [2.05, 4.69) is 35.5 Å². The molecule has 0 aliphatic heterocycles. The average Bonchev–Trinajstić information content (AvgIpc) is 3.10. The molecule has 0 saturated carbocycles. The second-order valence-electron chi connectivity index (χ2n) is 6.25. The van der Waals surface area contributed by atoms with Crippen molar-refractivity contribution in [3.63, 3.8) is 0 Å². The molecular formula is C20H19N3OS. The van der Waals surface area contributed by atoms with Crippen LogP contribution in [-0.4, -0.2) is 31.2 Å². The number of pyridine rings is 2. The number of ether oxygens (including phenoxy) is 1. The Morgan fingerprint density at radius 1 is 1.08 bits per heavy atom. The molecule has 0 fully saturated rings. The Labute approximate surface area is 150 Å². The zero-order valence-electron chi connectivity index (χ0n) is 14.7. The SMILES string of the molecule is COc1cc(C)c2ncc3sccc3c2c1-c1ccc(N(C)C)nc1. The lowest BCUT2D eigenvalue weighted by Crippen LogP contribution is -2.10. The zero-order valence-corrected chi connectivity index (χ0v) is 15.5. The van der Waals surface area contributed by atoms with Crippen LogP contribution in [0.2, 0.25) is 0 Å². The number of aromatic nitrogens is 2. The van der Waals surface area contributed by atoms with Crippen LogP contribution in [0.15, 0.2) is 42.0 Å². The highest BCUT2D eigenvalue weighted by molar-refractivity contribution is 7.17. The standard InChI is InChI=1S/C20H19N3OS/c1-12-9-15(24-4)18(13-5-6-17(21-10-13)23(2)3)19-14-7-8-25-16(14)11-22-20(12)19/h5-11H,1-4H3. The van der Waals surface area contributed by atoms with Crippen molar-refractivity contribution in [2.75, 3.05) is 26.1 Å². The van der Waals surface area contributed by atoms with Gasteiger partial charge in [-0.15, -0.1) is 11.3 Å². The Balaban J connectivity index is 2.10. The predicted octanol–water partition coefficient (Wildman–Crippen LogP) is 4.89. The number of thiophene rings is 1. The molecule has 0 saturated heterocycles. The lowest BCUT2D eigenvalue weighted by Gasteiger charge is -2.16. The summed E-state index contributed by atoms with van der Waals surface area (Å²) in [6.45, 7) is 2.08. The van der Waals surface area contributed by atoms with Crippen molar-refractivity contribution in [1.29, 1.82) is 0 Å². The smallest absolute Gasteiger partial charge is 0.127 e. The van der Waals surface area contributed by atoms with E-state index in [1.807, 2.05) is 37.5 Å². The molecule has 1 aromatic carbocycles. The van der Waals surface area contributed by atoms with Crippen molar-refractivity contribution in [1.82, 2.24) is 9.97 Å². The minimum absolute atomic E-state index is 0.852. The molecule has 4 aromatic rings. The average molecular weight is 349 g/mol. The molecule has 0 unspecified atom stereocenters. The number of hydrogen-bond acceptors (Lipinski definition) is 5. The van der Waals surface area contributed by atoms with Crippen LogP contribution >= 0.6 is 11.3 Å². The molecule has 0 aliphatic carbocycles. The maximum absolute atomic E-state index is 5.73. The summed E-state index contributed by atoms with van der Waals surface area (Å²) in [4.78, 5) is 11.3. The lowest BCUT2D eigenvalue weighted by atomic mass is 9.96. The van der Waals surface area contributed by atoms with E-state index < -0.39 is 0 Å². The van der Waals surface area contributed by atoms with Crippen molar-refractivity contribution >= 4 is 38.1 Å². The van der Waals surface area contributed by atoms with E-state index >= 15 is 0 Å². The Kier molecular flexibility index (Phi) is 3.81. The topological polar surface area (TPSA) is 38.2 Å². The number of methoxy groups -OCH3 is 1. The Bertz CT molecular complexity index is 1070. The number of nitrogens with zero attached hydrogens (tertiary/aromatic N) is 3. The van der Waals surface area contributed by atoms with Crippen LogP contribution in [0.4, 0.5) is 5.82 Å². The normalized spacial score (nSPS) is 11.2. The van der Waals surface area contributed by atoms with Gasteiger partial charge in [0, 0.05) is 48.4 Å². The fourth-order valence-corrected chi connectivity index (χ4v) is 3.96.